The first-order valence-electron chi connectivity index (χ1n) is 7.27. The number of allylic oxidation sites excluding steroid dienone is 3. The normalized spacial score (nSPS) is 11.5. The molecule has 1 aromatic carbocycles. The van der Waals surface area contributed by atoms with Crippen LogP contribution in [0.1, 0.15) is 39.2 Å². The zero-order valence-electron chi connectivity index (χ0n) is 13.1. The molecule has 21 heavy (non-hydrogen) atoms. The fourth-order valence-corrected chi connectivity index (χ4v) is 1.73. The van der Waals surface area contributed by atoms with Gasteiger partial charge in [-0.2, -0.15) is 0 Å². The number of carbonyl (C=O) groups excluding carboxylic acids is 1. The number of benzene rings is 1. The van der Waals surface area contributed by atoms with E-state index < -0.39 is 0 Å². The average Bonchev–Trinajstić information content (AvgIpc) is 2.46. The lowest BCUT2D eigenvalue weighted by molar-refractivity contribution is -0.136. The van der Waals surface area contributed by atoms with Crippen molar-refractivity contribution in [3.05, 3.63) is 65.3 Å². The Morgan fingerprint density at radius 2 is 1.81 bits per heavy atom. The van der Waals surface area contributed by atoms with Crippen molar-refractivity contribution in [1.82, 2.24) is 0 Å². The molecule has 0 saturated heterocycles. The van der Waals surface area contributed by atoms with Crippen molar-refractivity contribution >= 4 is 12.0 Å². The number of rotatable bonds is 7. The quantitative estimate of drug-likeness (QED) is 0.403. The Bertz CT molecular complexity index is 518. The van der Waals surface area contributed by atoms with Gasteiger partial charge in [0.15, 0.2) is 0 Å². The van der Waals surface area contributed by atoms with Crippen LogP contribution < -0.4 is 0 Å². The molecule has 0 saturated carbocycles. The van der Waals surface area contributed by atoms with Crippen LogP contribution in [0.4, 0.5) is 0 Å². The first kappa shape index (κ1) is 17.0. The highest BCUT2D eigenvalue weighted by atomic mass is 16.5. The summed E-state index contributed by atoms with van der Waals surface area (Å²) in [7, 11) is 0. The third-order valence-corrected chi connectivity index (χ3v) is 2.96. The second-order valence-electron chi connectivity index (χ2n) is 5.24. The first-order chi connectivity index (χ1) is 10.1. The van der Waals surface area contributed by atoms with Crippen LogP contribution in [0.2, 0.25) is 0 Å². The van der Waals surface area contributed by atoms with E-state index >= 15 is 0 Å². The summed E-state index contributed by atoms with van der Waals surface area (Å²) in [6.45, 7) is 6.59. The Morgan fingerprint density at radius 3 is 2.48 bits per heavy atom. The van der Waals surface area contributed by atoms with E-state index in [1.807, 2.05) is 36.4 Å². The summed E-state index contributed by atoms with van der Waals surface area (Å²) in [4.78, 5) is 11.6. The Labute approximate surface area is 127 Å². The lowest BCUT2D eigenvalue weighted by atomic mass is 10.1. The minimum atomic E-state index is -0.313. The molecule has 0 aliphatic heterocycles. The summed E-state index contributed by atoms with van der Waals surface area (Å²) in [5.74, 6) is -0.313. The smallest absolute Gasteiger partial charge is 0.331 e. The average molecular weight is 284 g/mol. The van der Waals surface area contributed by atoms with Crippen LogP contribution in [-0.4, -0.2) is 12.6 Å². The Morgan fingerprint density at radius 1 is 1.10 bits per heavy atom. The lowest BCUT2D eigenvalue weighted by Crippen LogP contribution is -2.00. The van der Waals surface area contributed by atoms with Crippen molar-refractivity contribution in [2.45, 2.75) is 33.6 Å². The van der Waals surface area contributed by atoms with Crippen LogP contribution in [0.3, 0.4) is 0 Å². The topological polar surface area (TPSA) is 26.3 Å². The van der Waals surface area contributed by atoms with Gasteiger partial charge in [-0.05, 0) is 51.3 Å². The second-order valence-corrected chi connectivity index (χ2v) is 5.24. The maximum atomic E-state index is 11.6. The van der Waals surface area contributed by atoms with E-state index in [-0.39, 0.29) is 5.97 Å². The minimum absolute atomic E-state index is 0.313. The van der Waals surface area contributed by atoms with E-state index in [1.165, 1.54) is 17.2 Å². The molecule has 0 atom stereocenters. The molecule has 2 heteroatoms. The van der Waals surface area contributed by atoms with E-state index in [0.29, 0.717) is 6.61 Å². The van der Waals surface area contributed by atoms with Gasteiger partial charge in [0, 0.05) is 6.08 Å². The zero-order valence-corrected chi connectivity index (χ0v) is 13.1. The van der Waals surface area contributed by atoms with Crippen molar-refractivity contribution in [2.75, 3.05) is 6.61 Å². The van der Waals surface area contributed by atoms with E-state index in [4.69, 9.17) is 4.74 Å². The summed E-state index contributed by atoms with van der Waals surface area (Å²) in [5.41, 5.74) is 3.57. The molecule has 0 fully saturated rings. The molecule has 2 nitrogen and oxygen atoms in total. The fourth-order valence-electron chi connectivity index (χ4n) is 1.73. The minimum Gasteiger partial charge on any atom is -0.458 e. The van der Waals surface area contributed by atoms with Crippen LogP contribution >= 0.6 is 0 Å². The zero-order chi connectivity index (χ0) is 15.5. The molecule has 0 aliphatic rings. The molecule has 0 spiro atoms. The molecule has 0 aromatic heterocycles. The molecule has 1 rings (SSSR count). The van der Waals surface area contributed by atoms with Crippen LogP contribution in [0.5, 0.6) is 0 Å². The van der Waals surface area contributed by atoms with Crippen molar-refractivity contribution in [3.8, 4) is 0 Å². The van der Waals surface area contributed by atoms with Gasteiger partial charge in [0.25, 0.3) is 0 Å². The molecule has 0 aliphatic carbocycles. The van der Waals surface area contributed by atoms with Gasteiger partial charge in [0.05, 0.1) is 0 Å². The molecule has 1 aromatic rings. The number of hydrogen-bond acceptors (Lipinski definition) is 2. The van der Waals surface area contributed by atoms with Crippen LogP contribution in [-0.2, 0) is 9.53 Å². The van der Waals surface area contributed by atoms with Crippen molar-refractivity contribution < 1.29 is 9.53 Å². The second kappa shape index (κ2) is 9.76. The number of ether oxygens (including phenoxy) is 1. The standard InChI is InChI=1S/C19H24O2/c1-16(2)8-7-9-17(3)14-15-21-19(20)13-12-18-10-5-4-6-11-18/h4-6,8,10-14H,7,9,15H2,1-3H3/b13-12?,17-14-. The summed E-state index contributed by atoms with van der Waals surface area (Å²) in [5, 5.41) is 0. The van der Waals surface area contributed by atoms with Crippen LogP contribution in [0.15, 0.2) is 59.7 Å². The number of hydrogen-bond donors (Lipinski definition) is 0. The number of esters is 1. The monoisotopic (exact) mass is 284 g/mol. The largest absolute Gasteiger partial charge is 0.458 e. The molecular weight excluding hydrogens is 260 g/mol. The van der Waals surface area contributed by atoms with E-state index in [0.717, 1.165) is 18.4 Å². The molecular formula is C19H24O2. The lowest BCUT2D eigenvalue weighted by Gasteiger charge is -2.01. The molecule has 0 amide bonds. The van der Waals surface area contributed by atoms with Gasteiger partial charge in [-0.25, -0.2) is 4.79 Å². The highest BCUT2D eigenvalue weighted by Gasteiger charge is 1.95. The first-order valence-corrected chi connectivity index (χ1v) is 7.27. The maximum absolute atomic E-state index is 11.6. The molecule has 0 radical (unpaired) electrons. The van der Waals surface area contributed by atoms with E-state index in [9.17, 15) is 4.79 Å². The van der Waals surface area contributed by atoms with Gasteiger partial charge in [-0.1, -0.05) is 47.6 Å². The molecule has 0 heterocycles. The van der Waals surface area contributed by atoms with Crippen LogP contribution in [0.25, 0.3) is 6.08 Å². The van der Waals surface area contributed by atoms with Gasteiger partial charge in [-0.15, -0.1) is 0 Å². The van der Waals surface area contributed by atoms with Crippen molar-refractivity contribution in [3.63, 3.8) is 0 Å². The summed E-state index contributed by atoms with van der Waals surface area (Å²) in [6, 6.07) is 9.69. The van der Waals surface area contributed by atoms with E-state index in [2.05, 4.69) is 26.8 Å². The van der Waals surface area contributed by atoms with Gasteiger partial charge in [0.1, 0.15) is 6.61 Å². The van der Waals surface area contributed by atoms with E-state index in [1.54, 1.807) is 6.08 Å². The molecule has 0 bridgehead atoms. The Kier molecular flexibility index (Phi) is 7.88. The Balaban J connectivity index is 2.29. The highest BCUT2D eigenvalue weighted by molar-refractivity contribution is 5.87. The SMILES string of the molecule is CC(C)=CCC/C(C)=C\COC(=O)C=Cc1ccccc1. The maximum Gasteiger partial charge on any atom is 0.331 e. The predicted molar refractivity (Wildman–Crippen MR) is 88.9 cm³/mol. The number of carbonyl (C=O) groups is 1. The van der Waals surface area contributed by atoms with Gasteiger partial charge in [0.2, 0.25) is 0 Å². The summed E-state index contributed by atoms with van der Waals surface area (Å²) >= 11 is 0. The van der Waals surface area contributed by atoms with Gasteiger partial charge >= 0.3 is 5.97 Å². The molecule has 0 unspecified atom stereocenters. The summed E-state index contributed by atoms with van der Waals surface area (Å²) in [6.07, 6.45) is 9.43. The third-order valence-electron chi connectivity index (χ3n) is 2.96. The molecule has 0 N–H and O–H groups in total. The predicted octanol–water partition coefficient (Wildman–Crippen LogP) is 4.94. The van der Waals surface area contributed by atoms with Gasteiger partial charge < -0.3 is 4.74 Å². The highest BCUT2D eigenvalue weighted by Crippen LogP contribution is 2.06. The van der Waals surface area contributed by atoms with Crippen molar-refractivity contribution in [2.24, 2.45) is 0 Å². The van der Waals surface area contributed by atoms with Crippen molar-refractivity contribution in [1.29, 1.82) is 0 Å². The van der Waals surface area contributed by atoms with Crippen LogP contribution in [0, 0.1) is 0 Å². The fraction of sp³-hybridized carbons (Fsp3) is 0.316. The van der Waals surface area contributed by atoms with Gasteiger partial charge in [-0.3, -0.25) is 0 Å². The summed E-state index contributed by atoms with van der Waals surface area (Å²) < 4.78 is 5.14. The third kappa shape index (κ3) is 8.64. The molecule has 112 valence electrons. The Hall–Kier alpha value is -2.09.